The number of benzene rings is 1. The van der Waals surface area contributed by atoms with Gasteiger partial charge in [-0.3, -0.25) is 9.59 Å². The standard InChI is InChI=1S/C17H22N2O5S/c1-24-8-7-14(17(22)23)18-16(21)11-9-15(20)19(10-11)12-3-5-13(25-2)6-4-12/h3-6,11,14H,7-10H2,1-2H3,(H,18,21)(H,22,23). The van der Waals surface area contributed by atoms with E-state index >= 15 is 0 Å². The lowest BCUT2D eigenvalue weighted by molar-refractivity contribution is -0.142. The fourth-order valence-electron chi connectivity index (χ4n) is 2.68. The van der Waals surface area contributed by atoms with Crippen LogP contribution < -0.4 is 10.2 Å². The number of carbonyl (C=O) groups excluding carboxylic acids is 2. The number of nitrogens with one attached hydrogen (secondary N) is 1. The van der Waals surface area contributed by atoms with Crippen molar-refractivity contribution in [2.75, 3.05) is 31.4 Å². The predicted octanol–water partition coefficient (Wildman–Crippen LogP) is 1.37. The van der Waals surface area contributed by atoms with Crippen molar-refractivity contribution in [2.24, 2.45) is 5.92 Å². The summed E-state index contributed by atoms with van der Waals surface area (Å²) in [5.41, 5.74) is 0.743. The smallest absolute Gasteiger partial charge is 0.326 e. The summed E-state index contributed by atoms with van der Waals surface area (Å²) in [6.45, 7) is 0.481. The second kappa shape index (κ2) is 8.87. The normalized spacial score (nSPS) is 18.2. The van der Waals surface area contributed by atoms with E-state index in [-0.39, 0.29) is 31.9 Å². The number of anilines is 1. The molecule has 136 valence electrons. The SMILES string of the molecule is COCCC(NC(=O)C1CC(=O)N(c2ccc(SC)cc2)C1)C(=O)O. The average molecular weight is 366 g/mol. The molecule has 7 nitrogen and oxygen atoms in total. The number of carboxylic acids is 1. The van der Waals surface area contributed by atoms with Crippen LogP contribution in [0, 0.1) is 5.92 Å². The van der Waals surface area contributed by atoms with Crippen LogP contribution in [-0.4, -0.2) is 55.4 Å². The van der Waals surface area contributed by atoms with Crippen LogP contribution in [-0.2, 0) is 19.1 Å². The first kappa shape index (κ1) is 19.3. The van der Waals surface area contributed by atoms with Crippen molar-refractivity contribution < 1.29 is 24.2 Å². The van der Waals surface area contributed by atoms with E-state index in [9.17, 15) is 19.5 Å². The fraction of sp³-hybridized carbons (Fsp3) is 0.471. The van der Waals surface area contributed by atoms with Crippen molar-refractivity contribution in [3.8, 4) is 0 Å². The van der Waals surface area contributed by atoms with Gasteiger partial charge in [0.25, 0.3) is 0 Å². The molecule has 2 amide bonds. The maximum absolute atomic E-state index is 12.3. The average Bonchev–Trinajstić information content (AvgIpc) is 3.00. The molecular formula is C17H22N2O5S. The Kier molecular flexibility index (Phi) is 6.83. The van der Waals surface area contributed by atoms with Crippen LogP contribution in [0.5, 0.6) is 0 Å². The quantitative estimate of drug-likeness (QED) is 0.675. The van der Waals surface area contributed by atoms with Crippen LogP contribution in [0.3, 0.4) is 0 Å². The van der Waals surface area contributed by atoms with E-state index in [1.165, 1.54) is 7.11 Å². The number of carboxylic acid groups (broad SMARTS) is 1. The van der Waals surface area contributed by atoms with Gasteiger partial charge in [0.1, 0.15) is 6.04 Å². The largest absolute Gasteiger partial charge is 0.480 e. The van der Waals surface area contributed by atoms with E-state index in [0.717, 1.165) is 10.6 Å². The minimum absolute atomic E-state index is 0.0761. The number of thioether (sulfide) groups is 1. The fourth-order valence-corrected chi connectivity index (χ4v) is 3.09. The Labute approximate surface area is 150 Å². The molecule has 2 rings (SSSR count). The molecule has 0 aromatic heterocycles. The molecular weight excluding hydrogens is 344 g/mol. The first-order valence-electron chi connectivity index (χ1n) is 7.92. The summed E-state index contributed by atoms with van der Waals surface area (Å²) in [5, 5.41) is 11.7. The molecule has 2 N–H and O–H groups in total. The minimum Gasteiger partial charge on any atom is -0.480 e. The molecule has 1 aliphatic rings. The minimum atomic E-state index is -1.11. The molecule has 1 heterocycles. The van der Waals surface area contributed by atoms with E-state index in [1.807, 2.05) is 30.5 Å². The third kappa shape index (κ3) is 4.96. The van der Waals surface area contributed by atoms with Crippen molar-refractivity contribution >= 4 is 35.2 Å². The highest BCUT2D eigenvalue weighted by Crippen LogP contribution is 2.27. The summed E-state index contributed by atoms with van der Waals surface area (Å²) in [5.74, 6) is -2.22. The van der Waals surface area contributed by atoms with Crippen LogP contribution >= 0.6 is 11.8 Å². The summed E-state index contributed by atoms with van der Waals surface area (Å²) in [6, 6.07) is 6.53. The van der Waals surface area contributed by atoms with Crippen molar-refractivity contribution in [2.45, 2.75) is 23.8 Å². The highest BCUT2D eigenvalue weighted by atomic mass is 32.2. The number of nitrogens with zero attached hydrogens (tertiary/aromatic N) is 1. The van der Waals surface area contributed by atoms with E-state index < -0.39 is 23.8 Å². The van der Waals surface area contributed by atoms with Gasteiger partial charge in [0.15, 0.2) is 0 Å². The molecule has 0 saturated carbocycles. The number of rotatable bonds is 8. The zero-order valence-corrected chi connectivity index (χ0v) is 15.0. The van der Waals surface area contributed by atoms with Crippen molar-refractivity contribution in [3.05, 3.63) is 24.3 Å². The van der Waals surface area contributed by atoms with Crippen LogP contribution in [0.4, 0.5) is 5.69 Å². The number of aliphatic carboxylic acids is 1. The van der Waals surface area contributed by atoms with Crippen molar-refractivity contribution in [1.82, 2.24) is 5.32 Å². The Morgan fingerprint density at radius 2 is 2.08 bits per heavy atom. The third-order valence-electron chi connectivity index (χ3n) is 4.11. The first-order chi connectivity index (χ1) is 12.0. The van der Waals surface area contributed by atoms with Gasteiger partial charge in [-0.25, -0.2) is 4.79 Å². The summed E-state index contributed by atoms with van der Waals surface area (Å²) in [7, 11) is 1.47. The molecule has 25 heavy (non-hydrogen) atoms. The monoisotopic (exact) mass is 366 g/mol. The summed E-state index contributed by atoms with van der Waals surface area (Å²) < 4.78 is 4.86. The van der Waals surface area contributed by atoms with Gasteiger partial charge in [0, 0.05) is 43.7 Å². The van der Waals surface area contributed by atoms with Crippen LogP contribution in [0.2, 0.25) is 0 Å². The second-order valence-electron chi connectivity index (χ2n) is 5.78. The molecule has 1 aromatic carbocycles. The molecule has 0 bridgehead atoms. The molecule has 0 radical (unpaired) electrons. The number of methoxy groups -OCH3 is 1. The zero-order valence-electron chi connectivity index (χ0n) is 14.2. The van der Waals surface area contributed by atoms with Crippen LogP contribution in [0.25, 0.3) is 0 Å². The molecule has 8 heteroatoms. The lowest BCUT2D eigenvalue weighted by Crippen LogP contribution is -2.44. The topological polar surface area (TPSA) is 95.9 Å². The van der Waals surface area contributed by atoms with Gasteiger partial charge in [0.05, 0.1) is 5.92 Å². The van der Waals surface area contributed by atoms with E-state index in [0.29, 0.717) is 0 Å². The molecule has 0 aliphatic carbocycles. The second-order valence-corrected chi connectivity index (χ2v) is 6.66. The molecule has 1 aliphatic heterocycles. The molecule has 0 spiro atoms. The number of hydrogen-bond acceptors (Lipinski definition) is 5. The molecule has 1 fully saturated rings. The summed E-state index contributed by atoms with van der Waals surface area (Å²) in [6.07, 6.45) is 2.23. The summed E-state index contributed by atoms with van der Waals surface area (Å²) >= 11 is 1.61. The molecule has 2 unspecified atom stereocenters. The van der Waals surface area contributed by atoms with Crippen LogP contribution in [0.15, 0.2) is 29.2 Å². The molecule has 1 saturated heterocycles. The number of carbonyl (C=O) groups is 3. The number of hydrogen-bond donors (Lipinski definition) is 2. The molecule has 1 aromatic rings. The van der Waals surface area contributed by atoms with Gasteiger partial charge in [-0.15, -0.1) is 11.8 Å². The zero-order chi connectivity index (χ0) is 18.4. The Hall–Kier alpha value is -2.06. The first-order valence-corrected chi connectivity index (χ1v) is 9.15. The van der Waals surface area contributed by atoms with Crippen molar-refractivity contribution in [3.63, 3.8) is 0 Å². The van der Waals surface area contributed by atoms with Gasteiger partial charge in [-0.2, -0.15) is 0 Å². The number of amides is 2. The van der Waals surface area contributed by atoms with Crippen LogP contribution in [0.1, 0.15) is 12.8 Å². The van der Waals surface area contributed by atoms with Gasteiger partial charge < -0.3 is 20.1 Å². The Morgan fingerprint density at radius 3 is 2.64 bits per heavy atom. The van der Waals surface area contributed by atoms with E-state index in [4.69, 9.17) is 4.74 Å². The van der Waals surface area contributed by atoms with Gasteiger partial charge in [-0.05, 0) is 30.5 Å². The van der Waals surface area contributed by atoms with Gasteiger partial charge >= 0.3 is 5.97 Å². The maximum atomic E-state index is 12.3. The Morgan fingerprint density at radius 1 is 1.40 bits per heavy atom. The third-order valence-corrected chi connectivity index (χ3v) is 4.85. The lowest BCUT2D eigenvalue weighted by Gasteiger charge is -2.18. The van der Waals surface area contributed by atoms with Gasteiger partial charge in [0.2, 0.25) is 11.8 Å². The number of ether oxygens (including phenoxy) is 1. The lowest BCUT2D eigenvalue weighted by atomic mass is 10.1. The van der Waals surface area contributed by atoms with Gasteiger partial charge in [-0.1, -0.05) is 0 Å². The van der Waals surface area contributed by atoms with E-state index in [1.54, 1.807) is 16.7 Å². The maximum Gasteiger partial charge on any atom is 0.326 e. The highest BCUT2D eigenvalue weighted by Gasteiger charge is 2.36. The predicted molar refractivity (Wildman–Crippen MR) is 94.7 cm³/mol. The summed E-state index contributed by atoms with van der Waals surface area (Å²) in [4.78, 5) is 38.5. The highest BCUT2D eigenvalue weighted by molar-refractivity contribution is 7.98. The Bertz CT molecular complexity index is 634. The molecule has 2 atom stereocenters. The van der Waals surface area contributed by atoms with Crippen molar-refractivity contribution in [1.29, 1.82) is 0 Å². The Balaban J connectivity index is 2.00. The van der Waals surface area contributed by atoms with E-state index in [2.05, 4.69) is 5.32 Å².